The first-order chi connectivity index (χ1) is 11.6. The Kier molecular flexibility index (Phi) is 5.78. The van der Waals surface area contributed by atoms with E-state index < -0.39 is 12.8 Å². The van der Waals surface area contributed by atoms with E-state index in [-0.39, 0.29) is 10.8 Å². The summed E-state index contributed by atoms with van der Waals surface area (Å²) in [4.78, 5) is 0. The van der Waals surface area contributed by atoms with Crippen molar-refractivity contribution in [1.29, 1.82) is 0 Å². The molecular formula is C22H31FO2. The number of halogens is 1. The minimum absolute atomic E-state index is 0.0336. The number of ether oxygens (including phenoxy) is 1. The number of hydrogen-bond donors (Lipinski definition) is 1. The molecule has 0 saturated heterocycles. The van der Waals surface area contributed by atoms with E-state index in [2.05, 4.69) is 52.8 Å². The van der Waals surface area contributed by atoms with Crippen LogP contribution in [0.15, 0.2) is 24.3 Å². The van der Waals surface area contributed by atoms with E-state index in [1.54, 1.807) is 6.08 Å². The predicted molar refractivity (Wildman–Crippen MR) is 104 cm³/mol. The van der Waals surface area contributed by atoms with Gasteiger partial charge in [-0.05, 0) is 59.1 Å². The molecule has 3 heteroatoms. The fourth-order valence-corrected chi connectivity index (χ4v) is 3.35. The maximum absolute atomic E-state index is 13.5. The molecule has 1 unspecified atom stereocenters. The van der Waals surface area contributed by atoms with Gasteiger partial charge in [-0.3, -0.25) is 0 Å². The number of allylic oxidation sites excluding steroid dienone is 2. The molecule has 0 amide bonds. The molecule has 1 aromatic rings. The number of benzene rings is 1. The third-order valence-corrected chi connectivity index (χ3v) is 4.75. The fourth-order valence-electron chi connectivity index (χ4n) is 3.35. The summed E-state index contributed by atoms with van der Waals surface area (Å²) in [6, 6.07) is 4.22. The van der Waals surface area contributed by atoms with Crippen LogP contribution in [0, 0.1) is 5.41 Å². The van der Waals surface area contributed by atoms with Crippen molar-refractivity contribution in [1.82, 2.24) is 0 Å². The molecule has 2 rings (SSSR count). The van der Waals surface area contributed by atoms with Gasteiger partial charge < -0.3 is 9.84 Å². The van der Waals surface area contributed by atoms with Gasteiger partial charge in [-0.15, -0.1) is 0 Å². The maximum atomic E-state index is 13.5. The lowest BCUT2D eigenvalue weighted by Gasteiger charge is -2.37. The Hall–Kier alpha value is -1.61. The quantitative estimate of drug-likeness (QED) is 0.758. The minimum Gasteiger partial charge on any atom is -0.493 e. The van der Waals surface area contributed by atoms with E-state index in [1.807, 2.05) is 6.92 Å². The smallest absolute Gasteiger partial charge is 0.142 e. The Bertz CT molecular complexity index is 678. The third-order valence-electron chi connectivity index (χ3n) is 4.75. The number of aliphatic hydroxyl groups excluding tert-OH is 1. The topological polar surface area (TPSA) is 29.5 Å². The van der Waals surface area contributed by atoms with Crippen molar-refractivity contribution in [2.75, 3.05) is 13.2 Å². The maximum Gasteiger partial charge on any atom is 0.142 e. The van der Waals surface area contributed by atoms with Gasteiger partial charge in [0, 0.05) is 5.56 Å². The number of fused-ring (bicyclic) bond motifs is 1. The van der Waals surface area contributed by atoms with E-state index in [9.17, 15) is 4.39 Å². The lowest BCUT2D eigenvalue weighted by atomic mass is 9.68. The van der Waals surface area contributed by atoms with Gasteiger partial charge in [-0.25, -0.2) is 4.39 Å². The molecule has 138 valence electrons. The molecule has 0 heterocycles. The molecule has 0 radical (unpaired) electrons. The van der Waals surface area contributed by atoms with Crippen molar-refractivity contribution in [2.45, 2.75) is 59.5 Å². The Morgan fingerprint density at radius 3 is 2.56 bits per heavy atom. The molecule has 1 aliphatic rings. The Morgan fingerprint density at radius 2 is 2.00 bits per heavy atom. The second-order valence-electron chi connectivity index (χ2n) is 8.38. The zero-order valence-corrected chi connectivity index (χ0v) is 16.3. The van der Waals surface area contributed by atoms with Crippen molar-refractivity contribution in [3.05, 3.63) is 41.0 Å². The molecule has 1 atom stereocenters. The number of aliphatic hydroxyl groups is 1. The van der Waals surface area contributed by atoms with Crippen LogP contribution in [-0.4, -0.2) is 24.5 Å². The molecule has 1 aromatic carbocycles. The van der Waals surface area contributed by atoms with Crippen molar-refractivity contribution in [2.24, 2.45) is 5.41 Å². The van der Waals surface area contributed by atoms with Crippen LogP contribution >= 0.6 is 0 Å². The van der Waals surface area contributed by atoms with E-state index in [0.29, 0.717) is 6.61 Å². The van der Waals surface area contributed by atoms with Crippen molar-refractivity contribution in [3.8, 4) is 5.75 Å². The monoisotopic (exact) mass is 346 g/mol. The van der Waals surface area contributed by atoms with E-state index in [4.69, 9.17) is 9.84 Å². The van der Waals surface area contributed by atoms with Crippen LogP contribution < -0.4 is 4.74 Å². The fraction of sp³-hybridized carbons (Fsp3) is 0.545. The van der Waals surface area contributed by atoms with Gasteiger partial charge in [0.1, 0.15) is 11.9 Å². The second kappa shape index (κ2) is 7.33. The molecule has 25 heavy (non-hydrogen) atoms. The van der Waals surface area contributed by atoms with Crippen molar-refractivity contribution < 1.29 is 14.2 Å². The molecule has 0 saturated carbocycles. The highest BCUT2D eigenvalue weighted by molar-refractivity contribution is 5.78. The normalized spacial score (nSPS) is 18.0. The standard InChI is InChI=1S/C22H31FO2/c1-7-25-20-13-19-17(12-15(20)8-9-16(23)14-24)18(21(2,3)4)10-11-22(19,5)6/h8-10,12-13,16,24H,7,11,14H2,1-6H3. The van der Waals surface area contributed by atoms with Gasteiger partial charge in [-0.2, -0.15) is 0 Å². The summed E-state index contributed by atoms with van der Waals surface area (Å²) in [5.74, 6) is 0.769. The first kappa shape index (κ1) is 19.7. The lowest BCUT2D eigenvalue weighted by Crippen LogP contribution is -2.25. The average Bonchev–Trinajstić information content (AvgIpc) is 2.52. The van der Waals surface area contributed by atoms with Gasteiger partial charge >= 0.3 is 0 Å². The number of alkyl halides is 1. The van der Waals surface area contributed by atoms with Crippen molar-refractivity contribution in [3.63, 3.8) is 0 Å². The highest BCUT2D eigenvalue weighted by Gasteiger charge is 2.33. The van der Waals surface area contributed by atoms with E-state index in [0.717, 1.165) is 17.7 Å². The summed E-state index contributed by atoms with van der Waals surface area (Å²) in [6.07, 6.45) is 5.07. The van der Waals surface area contributed by atoms with E-state index >= 15 is 0 Å². The molecule has 0 aliphatic heterocycles. The van der Waals surface area contributed by atoms with Gasteiger partial charge in [0.2, 0.25) is 0 Å². The van der Waals surface area contributed by atoms with Crippen LogP contribution in [0.5, 0.6) is 5.75 Å². The van der Waals surface area contributed by atoms with Crippen LogP contribution in [0.25, 0.3) is 11.6 Å². The van der Waals surface area contributed by atoms with Gasteiger partial charge in [-0.1, -0.05) is 46.8 Å². The lowest BCUT2D eigenvalue weighted by molar-refractivity contribution is 0.210. The predicted octanol–water partition coefficient (Wildman–Crippen LogP) is 5.54. The molecule has 0 fully saturated rings. The highest BCUT2D eigenvalue weighted by atomic mass is 19.1. The molecule has 0 spiro atoms. The second-order valence-corrected chi connectivity index (χ2v) is 8.38. The van der Waals surface area contributed by atoms with Crippen LogP contribution in [0.4, 0.5) is 4.39 Å². The number of rotatable bonds is 5. The Labute approximate surface area is 151 Å². The summed E-state index contributed by atoms with van der Waals surface area (Å²) in [7, 11) is 0. The van der Waals surface area contributed by atoms with Gasteiger partial charge in [0.05, 0.1) is 13.2 Å². The summed E-state index contributed by atoms with van der Waals surface area (Å²) in [6.45, 7) is 13.1. The number of hydrogen-bond acceptors (Lipinski definition) is 2. The van der Waals surface area contributed by atoms with Crippen LogP contribution in [0.1, 0.15) is 64.7 Å². The first-order valence-electron chi connectivity index (χ1n) is 9.05. The molecular weight excluding hydrogens is 315 g/mol. The van der Waals surface area contributed by atoms with Crippen LogP contribution in [0.2, 0.25) is 0 Å². The largest absolute Gasteiger partial charge is 0.493 e. The average molecular weight is 346 g/mol. The van der Waals surface area contributed by atoms with Gasteiger partial charge in [0.25, 0.3) is 0 Å². The van der Waals surface area contributed by atoms with Gasteiger partial charge in [0.15, 0.2) is 0 Å². The minimum atomic E-state index is -1.36. The van der Waals surface area contributed by atoms with Crippen LogP contribution in [-0.2, 0) is 5.41 Å². The summed E-state index contributed by atoms with van der Waals surface area (Å²) >= 11 is 0. The molecule has 0 bridgehead atoms. The zero-order valence-electron chi connectivity index (χ0n) is 16.3. The Morgan fingerprint density at radius 1 is 1.32 bits per heavy atom. The molecule has 0 aromatic heterocycles. The summed E-state index contributed by atoms with van der Waals surface area (Å²) in [5, 5.41) is 8.93. The van der Waals surface area contributed by atoms with E-state index in [1.165, 1.54) is 22.8 Å². The first-order valence-corrected chi connectivity index (χ1v) is 9.05. The third kappa shape index (κ3) is 4.33. The summed E-state index contributed by atoms with van der Waals surface area (Å²) in [5.41, 5.74) is 4.73. The van der Waals surface area contributed by atoms with Crippen LogP contribution in [0.3, 0.4) is 0 Å². The molecule has 2 nitrogen and oxygen atoms in total. The molecule has 1 N–H and O–H groups in total. The SMILES string of the molecule is CCOc1cc2c(cc1C=CC(F)CO)C(C(C)(C)C)=CCC2(C)C. The van der Waals surface area contributed by atoms with Crippen molar-refractivity contribution >= 4 is 11.6 Å². The summed E-state index contributed by atoms with van der Waals surface area (Å²) < 4.78 is 19.3. The zero-order chi connectivity index (χ0) is 18.8. The highest BCUT2D eigenvalue weighted by Crippen LogP contribution is 2.47. The Balaban J connectivity index is 2.64. The molecule has 1 aliphatic carbocycles.